The molecule has 0 aliphatic carbocycles. The van der Waals surface area contributed by atoms with Crippen LogP contribution in [0.1, 0.15) is 10.4 Å². The molecule has 0 aliphatic heterocycles. The Kier molecular flexibility index (Phi) is 4.17. The van der Waals surface area contributed by atoms with Gasteiger partial charge in [-0.3, -0.25) is 9.78 Å². The van der Waals surface area contributed by atoms with Crippen molar-refractivity contribution in [2.75, 3.05) is 5.32 Å². The first-order valence-corrected chi connectivity index (χ1v) is 7.19. The number of anilines is 1. The van der Waals surface area contributed by atoms with Crippen LogP contribution < -0.4 is 5.32 Å². The number of hydrogen-bond donors (Lipinski definition) is 1. The molecule has 3 nitrogen and oxygen atoms in total. The van der Waals surface area contributed by atoms with E-state index in [1.54, 1.807) is 30.5 Å². The van der Waals surface area contributed by atoms with Crippen molar-refractivity contribution in [3.63, 3.8) is 0 Å². The summed E-state index contributed by atoms with van der Waals surface area (Å²) < 4.78 is 0. The summed E-state index contributed by atoms with van der Waals surface area (Å²) in [6.45, 7) is 0. The van der Waals surface area contributed by atoms with Gasteiger partial charge >= 0.3 is 0 Å². The van der Waals surface area contributed by atoms with E-state index in [1.165, 1.54) is 0 Å². The second-order valence-electron chi connectivity index (χ2n) is 4.73. The number of carbonyl (C=O) groups is 1. The second-order valence-corrected chi connectivity index (χ2v) is 5.14. The fourth-order valence-corrected chi connectivity index (χ4v) is 2.33. The first-order chi connectivity index (χ1) is 10.7. The average Bonchev–Trinajstić information content (AvgIpc) is 2.58. The van der Waals surface area contributed by atoms with Gasteiger partial charge in [0.25, 0.3) is 5.91 Å². The van der Waals surface area contributed by atoms with Gasteiger partial charge in [0, 0.05) is 23.0 Å². The molecule has 0 saturated heterocycles. The maximum absolute atomic E-state index is 12.2. The summed E-state index contributed by atoms with van der Waals surface area (Å²) in [4.78, 5) is 16.5. The van der Waals surface area contributed by atoms with Crippen molar-refractivity contribution in [3.8, 4) is 11.3 Å². The number of rotatable bonds is 3. The van der Waals surface area contributed by atoms with Crippen molar-refractivity contribution in [1.82, 2.24) is 4.98 Å². The molecule has 3 rings (SSSR count). The molecule has 0 atom stereocenters. The Morgan fingerprint density at radius 3 is 2.45 bits per heavy atom. The average molecular weight is 309 g/mol. The van der Waals surface area contributed by atoms with Crippen molar-refractivity contribution in [2.45, 2.75) is 0 Å². The standard InChI is InChI=1S/C18H13ClN2O/c19-16-10-9-14(12-15(16)17-8-4-5-11-20-17)21-18(22)13-6-2-1-3-7-13/h1-12H,(H,21,22). The molecule has 1 heterocycles. The number of amides is 1. The monoisotopic (exact) mass is 308 g/mol. The van der Waals surface area contributed by atoms with E-state index < -0.39 is 0 Å². The minimum atomic E-state index is -0.158. The fourth-order valence-electron chi connectivity index (χ4n) is 2.11. The van der Waals surface area contributed by atoms with Crippen molar-refractivity contribution >= 4 is 23.2 Å². The van der Waals surface area contributed by atoms with Crippen LogP contribution >= 0.6 is 11.6 Å². The summed E-state index contributed by atoms with van der Waals surface area (Å²) in [5.41, 5.74) is 2.84. The number of nitrogens with one attached hydrogen (secondary N) is 1. The maximum atomic E-state index is 12.2. The Labute approximate surface area is 133 Å². The first kappa shape index (κ1) is 14.3. The Bertz CT molecular complexity index is 789. The number of pyridine rings is 1. The zero-order chi connectivity index (χ0) is 15.4. The lowest BCUT2D eigenvalue weighted by Crippen LogP contribution is -2.11. The Hall–Kier alpha value is -2.65. The van der Waals surface area contributed by atoms with Crippen LogP contribution in [0.5, 0.6) is 0 Å². The molecule has 2 aromatic carbocycles. The van der Waals surface area contributed by atoms with E-state index in [1.807, 2.05) is 42.5 Å². The van der Waals surface area contributed by atoms with Gasteiger partial charge in [0.05, 0.1) is 10.7 Å². The molecule has 1 amide bonds. The second kappa shape index (κ2) is 6.41. The van der Waals surface area contributed by atoms with Crippen LogP contribution in [0, 0.1) is 0 Å². The number of aromatic nitrogens is 1. The lowest BCUT2D eigenvalue weighted by atomic mass is 10.1. The molecule has 0 unspecified atom stereocenters. The molecule has 0 aliphatic rings. The van der Waals surface area contributed by atoms with Crippen LogP contribution in [-0.2, 0) is 0 Å². The van der Waals surface area contributed by atoms with Crippen molar-refractivity contribution in [2.24, 2.45) is 0 Å². The SMILES string of the molecule is O=C(Nc1ccc(Cl)c(-c2ccccn2)c1)c1ccccc1. The maximum Gasteiger partial charge on any atom is 0.255 e. The predicted octanol–water partition coefficient (Wildman–Crippen LogP) is 4.65. The zero-order valence-electron chi connectivity index (χ0n) is 11.7. The summed E-state index contributed by atoms with van der Waals surface area (Å²) in [7, 11) is 0. The molecule has 22 heavy (non-hydrogen) atoms. The van der Waals surface area contributed by atoms with Crippen LogP contribution in [0.3, 0.4) is 0 Å². The third-order valence-electron chi connectivity index (χ3n) is 3.20. The number of benzene rings is 2. The van der Waals surface area contributed by atoms with E-state index in [4.69, 9.17) is 11.6 Å². The zero-order valence-corrected chi connectivity index (χ0v) is 12.4. The molecular weight excluding hydrogens is 296 g/mol. The highest BCUT2D eigenvalue weighted by atomic mass is 35.5. The van der Waals surface area contributed by atoms with Gasteiger partial charge in [0.1, 0.15) is 0 Å². The third-order valence-corrected chi connectivity index (χ3v) is 3.53. The fraction of sp³-hybridized carbons (Fsp3) is 0. The summed E-state index contributed by atoms with van der Waals surface area (Å²) in [6, 6.07) is 20.0. The Morgan fingerprint density at radius 2 is 1.73 bits per heavy atom. The topological polar surface area (TPSA) is 42.0 Å². The van der Waals surface area contributed by atoms with Gasteiger partial charge in [-0.15, -0.1) is 0 Å². The quantitative estimate of drug-likeness (QED) is 0.765. The van der Waals surface area contributed by atoms with Gasteiger partial charge < -0.3 is 5.32 Å². The minimum Gasteiger partial charge on any atom is -0.322 e. The van der Waals surface area contributed by atoms with E-state index >= 15 is 0 Å². The van der Waals surface area contributed by atoms with E-state index in [9.17, 15) is 4.79 Å². The van der Waals surface area contributed by atoms with E-state index in [2.05, 4.69) is 10.3 Å². The molecule has 1 N–H and O–H groups in total. The van der Waals surface area contributed by atoms with Crippen LogP contribution in [0.25, 0.3) is 11.3 Å². The highest BCUT2D eigenvalue weighted by Crippen LogP contribution is 2.29. The molecule has 0 fully saturated rings. The summed E-state index contributed by atoms with van der Waals surface area (Å²) >= 11 is 6.23. The number of hydrogen-bond acceptors (Lipinski definition) is 2. The van der Waals surface area contributed by atoms with E-state index in [-0.39, 0.29) is 5.91 Å². The number of carbonyl (C=O) groups excluding carboxylic acids is 1. The lowest BCUT2D eigenvalue weighted by Gasteiger charge is -2.09. The molecule has 4 heteroatoms. The Morgan fingerprint density at radius 1 is 0.955 bits per heavy atom. The lowest BCUT2D eigenvalue weighted by molar-refractivity contribution is 0.102. The van der Waals surface area contributed by atoms with Gasteiger partial charge in [0.2, 0.25) is 0 Å². The molecule has 108 valence electrons. The summed E-state index contributed by atoms with van der Waals surface area (Å²) in [5, 5.41) is 3.46. The van der Waals surface area contributed by atoms with Crippen LogP contribution in [-0.4, -0.2) is 10.9 Å². The molecule has 0 spiro atoms. The third kappa shape index (κ3) is 3.15. The number of halogens is 1. The molecule has 0 radical (unpaired) electrons. The van der Waals surface area contributed by atoms with Gasteiger partial charge in [-0.1, -0.05) is 35.9 Å². The van der Waals surface area contributed by atoms with Crippen molar-refractivity contribution in [1.29, 1.82) is 0 Å². The molecular formula is C18H13ClN2O. The largest absolute Gasteiger partial charge is 0.322 e. The minimum absolute atomic E-state index is 0.158. The highest BCUT2D eigenvalue weighted by Gasteiger charge is 2.09. The molecule has 3 aromatic rings. The summed E-state index contributed by atoms with van der Waals surface area (Å²) in [5.74, 6) is -0.158. The summed E-state index contributed by atoms with van der Waals surface area (Å²) in [6.07, 6.45) is 1.71. The van der Waals surface area contributed by atoms with Crippen LogP contribution in [0.4, 0.5) is 5.69 Å². The van der Waals surface area contributed by atoms with Crippen LogP contribution in [0.15, 0.2) is 72.9 Å². The molecule has 0 saturated carbocycles. The van der Waals surface area contributed by atoms with E-state index in [0.717, 1.165) is 11.3 Å². The van der Waals surface area contributed by atoms with Gasteiger partial charge in [-0.05, 0) is 42.5 Å². The van der Waals surface area contributed by atoms with Crippen LogP contribution in [0.2, 0.25) is 5.02 Å². The van der Waals surface area contributed by atoms with E-state index in [0.29, 0.717) is 16.3 Å². The first-order valence-electron chi connectivity index (χ1n) is 6.81. The Balaban J connectivity index is 1.88. The van der Waals surface area contributed by atoms with Gasteiger partial charge in [0.15, 0.2) is 0 Å². The van der Waals surface area contributed by atoms with Gasteiger partial charge in [-0.25, -0.2) is 0 Å². The number of nitrogens with zero attached hydrogens (tertiary/aromatic N) is 1. The highest BCUT2D eigenvalue weighted by molar-refractivity contribution is 6.33. The smallest absolute Gasteiger partial charge is 0.255 e. The molecule has 0 bridgehead atoms. The predicted molar refractivity (Wildman–Crippen MR) is 89.1 cm³/mol. The molecule has 1 aromatic heterocycles. The normalized spacial score (nSPS) is 10.2. The van der Waals surface area contributed by atoms with Crippen molar-refractivity contribution < 1.29 is 4.79 Å². The van der Waals surface area contributed by atoms with Gasteiger partial charge in [-0.2, -0.15) is 0 Å². The van der Waals surface area contributed by atoms with Crippen molar-refractivity contribution in [3.05, 3.63) is 83.5 Å².